The first-order valence-electron chi connectivity index (χ1n) is 7.21. The summed E-state index contributed by atoms with van der Waals surface area (Å²) in [4.78, 5) is 11.3. The van der Waals surface area contributed by atoms with E-state index in [-0.39, 0.29) is 11.3 Å². The van der Waals surface area contributed by atoms with Gasteiger partial charge in [0.25, 0.3) is 5.91 Å². The highest BCUT2D eigenvalue weighted by Crippen LogP contribution is 2.66. The van der Waals surface area contributed by atoms with Gasteiger partial charge in [0.15, 0.2) is 0 Å². The van der Waals surface area contributed by atoms with Gasteiger partial charge in [0.2, 0.25) is 0 Å². The van der Waals surface area contributed by atoms with Crippen molar-refractivity contribution < 1.29 is 9.18 Å². The Bertz CT molecular complexity index is 587. The molecule has 0 radical (unpaired) electrons. The summed E-state index contributed by atoms with van der Waals surface area (Å²) in [6.07, 6.45) is 3.99. The normalized spacial score (nSPS) is 36.8. The fraction of sp³-hybridized carbons (Fsp3) is 0.533. The predicted molar refractivity (Wildman–Crippen MR) is 74.6 cm³/mol. The van der Waals surface area contributed by atoms with E-state index in [4.69, 9.17) is 11.5 Å². The number of hydrogen-bond donors (Lipinski definition) is 3. The standard InChI is InChI=1S/C15H18FN3O/c16-9-5-10(17)8(15(18)20)4-11(9)19-14-12-6-1-2-7(3-6)13(12)14/h4-7,12-14,19H,1-3,17H2,(H2,18,20). The zero-order valence-electron chi connectivity index (χ0n) is 11.1. The fourth-order valence-corrected chi connectivity index (χ4v) is 4.61. The highest BCUT2D eigenvalue weighted by Gasteiger charge is 2.65. The second-order valence-electron chi connectivity index (χ2n) is 6.44. The monoisotopic (exact) mass is 275 g/mol. The lowest BCUT2D eigenvalue weighted by atomic mass is 10.0. The minimum absolute atomic E-state index is 0.0941. The van der Waals surface area contributed by atoms with Crippen LogP contribution in [0.1, 0.15) is 29.6 Å². The number of fused-ring (bicyclic) bond motifs is 5. The third-order valence-electron chi connectivity index (χ3n) is 5.46. The lowest BCUT2D eigenvalue weighted by Gasteiger charge is -2.14. The van der Waals surface area contributed by atoms with E-state index in [1.165, 1.54) is 31.4 Å². The van der Waals surface area contributed by atoms with Gasteiger partial charge < -0.3 is 16.8 Å². The number of benzene rings is 1. The van der Waals surface area contributed by atoms with Gasteiger partial charge in [0.1, 0.15) is 5.82 Å². The molecule has 106 valence electrons. The van der Waals surface area contributed by atoms with Crippen LogP contribution < -0.4 is 16.8 Å². The van der Waals surface area contributed by atoms with Gasteiger partial charge in [0.05, 0.1) is 11.3 Å². The summed E-state index contributed by atoms with van der Waals surface area (Å²) in [5, 5.41) is 3.27. The Morgan fingerprint density at radius 3 is 2.50 bits per heavy atom. The second kappa shape index (κ2) is 3.87. The number of nitrogens with one attached hydrogen (secondary N) is 1. The number of amides is 1. The number of halogens is 1. The summed E-state index contributed by atoms with van der Waals surface area (Å²) in [5.41, 5.74) is 11.5. The third-order valence-corrected chi connectivity index (χ3v) is 5.46. The molecule has 1 amide bonds. The average molecular weight is 275 g/mol. The van der Waals surface area contributed by atoms with Gasteiger partial charge in [-0.15, -0.1) is 0 Å². The van der Waals surface area contributed by atoms with E-state index in [1.807, 2.05) is 0 Å². The molecule has 20 heavy (non-hydrogen) atoms. The van der Waals surface area contributed by atoms with E-state index in [0.717, 1.165) is 11.8 Å². The molecule has 1 aromatic rings. The first-order valence-corrected chi connectivity index (χ1v) is 7.21. The number of hydrogen-bond acceptors (Lipinski definition) is 3. The van der Waals surface area contributed by atoms with Crippen LogP contribution in [0.3, 0.4) is 0 Å². The number of primary amides is 1. The summed E-state index contributed by atoms with van der Waals surface area (Å²) < 4.78 is 14.0. The molecule has 0 aromatic heterocycles. The topological polar surface area (TPSA) is 81.1 Å². The summed E-state index contributed by atoms with van der Waals surface area (Å²) in [6.45, 7) is 0. The second-order valence-corrected chi connectivity index (χ2v) is 6.44. The Morgan fingerprint density at radius 1 is 1.25 bits per heavy atom. The van der Waals surface area contributed by atoms with Gasteiger partial charge in [0, 0.05) is 11.7 Å². The van der Waals surface area contributed by atoms with E-state index < -0.39 is 11.7 Å². The van der Waals surface area contributed by atoms with Crippen LogP contribution >= 0.6 is 0 Å². The Labute approximate surface area is 116 Å². The molecule has 5 N–H and O–H groups in total. The maximum Gasteiger partial charge on any atom is 0.250 e. The van der Waals surface area contributed by atoms with Crippen molar-refractivity contribution in [3.8, 4) is 0 Å². The smallest absolute Gasteiger partial charge is 0.250 e. The number of rotatable bonds is 3. The van der Waals surface area contributed by atoms with Crippen molar-refractivity contribution in [2.45, 2.75) is 25.3 Å². The fourth-order valence-electron chi connectivity index (χ4n) is 4.61. The number of anilines is 2. The highest BCUT2D eigenvalue weighted by molar-refractivity contribution is 5.99. The molecule has 4 rings (SSSR count). The van der Waals surface area contributed by atoms with Crippen LogP contribution in [0.4, 0.5) is 15.8 Å². The molecule has 5 heteroatoms. The summed E-state index contributed by atoms with van der Waals surface area (Å²) in [6, 6.07) is 2.98. The minimum atomic E-state index is -0.624. The van der Waals surface area contributed by atoms with Gasteiger partial charge in [-0.3, -0.25) is 4.79 Å². The van der Waals surface area contributed by atoms with Crippen molar-refractivity contribution in [2.75, 3.05) is 11.1 Å². The van der Waals surface area contributed by atoms with Crippen LogP contribution in [-0.4, -0.2) is 11.9 Å². The highest BCUT2D eigenvalue weighted by atomic mass is 19.1. The summed E-state index contributed by atoms with van der Waals surface area (Å²) in [5.74, 6) is 1.99. The molecule has 3 saturated carbocycles. The van der Waals surface area contributed by atoms with Gasteiger partial charge in [-0.25, -0.2) is 4.39 Å². The molecule has 3 aliphatic rings. The molecule has 0 heterocycles. The number of nitrogen functional groups attached to an aromatic ring is 1. The van der Waals surface area contributed by atoms with E-state index in [0.29, 0.717) is 23.6 Å². The van der Waals surface area contributed by atoms with E-state index in [2.05, 4.69) is 5.32 Å². The zero-order chi connectivity index (χ0) is 14.0. The lowest BCUT2D eigenvalue weighted by molar-refractivity contribution is 0.100. The molecule has 2 bridgehead atoms. The van der Waals surface area contributed by atoms with Crippen molar-refractivity contribution in [2.24, 2.45) is 29.4 Å². The van der Waals surface area contributed by atoms with E-state index in [1.54, 1.807) is 0 Å². The largest absolute Gasteiger partial charge is 0.398 e. The molecule has 3 fully saturated rings. The van der Waals surface area contributed by atoms with Gasteiger partial charge in [-0.1, -0.05) is 0 Å². The molecule has 4 atom stereocenters. The number of carbonyl (C=O) groups excluding carboxylic acids is 1. The molecule has 3 aliphatic carbocycles. The number of carbonyl (C=O) groups is 1. The van der Waals surface area contributed by atoms with Crippen LogP contribution in [0.25, 0.3) is 0 Å². The first-order chi connectivity index (χ1) is 9.56. The van der Waals surface area contributed by atoms with Crippen molar-refractivity contribution in [1.82, 2.24) is 0 Å². The Hall–Kier alpha value is -1.78. The van der Waals surface area contributed by atoms with Crippen molar-refractivity contribution in [1.29, 1.82) is 0 Å². The van der Waals surface area contributed by atoms with E-state index in [9.17, 15) is 9.18 Å². The Balaban J connectivity index is 1.58. The lowest BCUT2D eigenvalue weighted by Crippen LogP contribution is -2.17. The molecule has 0 aliphatic heterocycles. The molecular weight excluding hydrogens is 257 g/mol. The molecule has 0 saturated heterocycles. The molecule has 4 unspecified atom stereocenters. The van der Waals surface area contributed by atoms with Gasteiger partial charge in [-0.05, 0) is 55.1 Å². The maximum absolute atomic E-state index is 14.0. The van der Waals surface area contributed by atoms with Crippen molar-refractivity contribution >= 4 is 17.3 Å². The first kappa shape index (κ1) is 12.0. The molecule has 0 spiro atoms. The van der Waals surface area contributed by atoms with Crippen LogP contribution in [0, 0.1) is 29.5 Å². The Morgan fingerprint density at radius 2 is 1.90 bits per heavy atom. The van der Waals surface area contributed by atoms with Gasteiger partial charge >= 0.3 is 0 Å². The van der Waals surface area contributed by atoms with Crippen LogP contribution in [0.5, 0.6) is 0 Å². The van der Waals surface area contributed by atoms with Crippen molar-refractivity contribution in [3.05, 3.63) is 23.5 Å². The molecule has 4 nitrogen and oxygen atoms in total. The zero-order valence-corrected chi connectivity index (χ0v) is 11.1. The Kier molecular flexibility index (Phi) is 2.32. The SMILES string of the molecule is NC(=O)c1cc(NC2C3C4CCC(C4)C23)c(F)cc1N. The summed E-state index contributed by atoms with van der Waals surface area (Å²) >= 11 is 0. The maximum atomic E-state index is 14.0. The van der Waals surface area contributed by atoms with Crippen LogP contribution in [-0.2, 0) is 0 Å². The van der Waals surface area contributed by atoms with Crippen LogP contribution in [0.2, 0.25) is 0 Å². The summed E-state index contributed by atoms with van der Waals surface area (Å²) in [7, 11) is 0. The number of nitrogens with two attached hydrogens (primary N) is 2. The average Bonchev–Trinajstić information content (AvgIpc) is 2.79. The van der Waals surface area contributed by atoms with Gasteiger partial charge in [-0.2, -0.15) is 0 Å². The quantitative estimate of drug-likeness (QED) is 0.738. The molecule has 1 aromatic carbocycles. The van der Waals surface area contributed by atoms with Crippen molar-refractivity contribution in [3.63, 3.8) is 0 Å². The predicted octanol–water partition coefficient (Wildman–Crippen LogP) is 1.96. The van der Waals surface area contributed by atoms with Crippen LogP contribution in [0.15, 0.2) is 12.1 Å². The molecular formula is C15H18FN3O. The minimum Gasteiger partial charge on any atom is -0.398 e. The third kappa shape index (κ3) is 1.55. The van der Waals surface area contributed by atoms with E-state index >= 15 is 0 Å².